The molecule has 0 fully saturated rings. The van der Waals surface area contributed by atoms with E-state index in [9.17, 15) is 14.4 Å². The highest BCUT2D eigenvalue weighted by molar-refractivity contribution is 5.82. The number of hydrogen-bond donors (Lipinski definition) is 0. The molecule has 0 aliphatic heterocycles. The number of esters is 3. The molecule has 0 aromatic carbocycles. The Morgan fingerprint density at radius 1 is 0.897 bits per heavy atom. The minimum atomic E-state index is -0.530. The highest BCUT2D eigenvalue weighted by Crippen LogP contribution is 2.04. The summed E-state index contributed by atoms with van der Waals surface area (Å²) in [5, 5.41) is 0. The van der Waals surface area contributed by atoms with Crippen LogP contribution < -0.4 is 0 Å². The summed E-state index contributed by atoms with van der Waals surface area (Å²) in [6, 6.07) is 0. The van der Waals surface area contributed by atoms with Crippen molar-refractivity contribution in [1.82, 2.24) is 0 Å². The maximum Gasteiger partial charge on any atom is 0.331 e. The van der Waals surface area contributed by atoms with Gasteiger partial charge in [0.25, 0.3) is 0 Å². The van der Waals surface area contributed by atoms with Crippen LogP contribution in [0, 0.1) is 23.7 Å². The standard InChI is InChI=1S/C23H26O6/c1-19(2)18-23(26)29-22(15-17-28-21(4)25)14-12-10-8-6-5-7-9-11-13-16-27-20(3)24/h8,10-14,18,22H,15-17H2,1-4H3/b10-8-,13-11+,14-12+/t22-/m1/s1. The summed E-state index contributed by atoms with van der Waals surface area (Å²) in [5.41, 5.74) is 0.829. The summed E-state index contributed by atoms with van der Waals surface area (Å²) >= 11 is 0. The second-order valence-corrected chi connectivity index (χ2v) is 5.81. The normalized spacial score (nSPS) is 11.2. The van der Waals surface area contributed by atoms with Crippen LogP contribution in [0.25, 0.3) is 0 Å². The van der Waals surface area contributed by atoms with Gasteiger partial charge in [-0.05, 0) is 50.0 Å². The van der Waals surface area contributed by atoms with E-state index in [2.05, 4.69) is 23.7 Å². The molecule has 0 rings (SSSR count). The first-order valence-corrected chi connectivity index (χ1v) is 8.93. The Labute approximate surface area is 172 Å². The van der Waals surface area contributed by atoms with Crippen LogP contribution in [0.4, 0.5) is 0 Å². The molecule has 0 aromatic heterocycles. The topological polar surface area (TPSA) is 78.9 Å². The molecule has 29 heavy (non-hydrogen) atoms. The van der Waals surface area contributed by atoms with Crippen LogP contribution in [-0.4, -0.2) is 37.2 Å². The second-order valence-electron chi connectivity index (χ2n) is 5.81. The largest absolute Gasteiger partial charge is 0.466 e. The predicted octanol–water partition coefficient (Wildman–Crippen LogP) is 3.06. The van der Waals surface area contributed by atoms with E-state index < -0.39 is 12.1 Å². The fraction of sp³-hybridized carbons (Fsp3) is 0.348. The quantitative estimate of drug-likeness (QED) is 0.195. The highest BCUT2D eigenvalue weighted by atomic mass is 16.6. The van der Waals surface area contributed by atoms with Gasteiger partial charge in [-0.25, -0.2) is 4.79 Å². The van der Waals surface area contributed by atoms with Gasteiger partial charge < -0.3 is 14.2 Å². The Morgan fingerprint density at radius 2 is 1.55 bits per heavy atom. The molecule has 0 aliphatic carbocycles. The molecule has 0 aliphatic rings. The minimum Gasteiger partial charge on any atom is -0.466 e. The van der Waals surface area contributed by atoms with Crippen LogP contribution in [0.2, 0.25) is 0 Å². The third kappa shape index (κ3) is 19.1. The van der Waals surface area contributed by atoms with Crippen molar-refractivity contribution in [2.24, 2.45) is 0 Å². The lowest BCUT2D eigenvalue weighted by Gasteiger charge is -2.13. The molecule has 6 nitrogen and oxygen atoms in total. The highest BCUT2D eigenvalue weighted by Gasteiger charge is 2.10. The van der Waals surface area contributed by atoms with Gasteiger partial charge >= 0.3 is 17.9 Å². The molecular formula is C23H26O6. The predicted molar refractivity (Wildman–Crippen MR) is 110 cm³/mol. The maximum absolute atomic E-state index is 11.8. The number of carbonyl (C=O) groups is 3. The molecule has 0 unspecified atom stereocenters. The average molecular weight is 398 g/mol. The smallest absolute Gasteiger partial charge is 0.331 e. The van der Waals surface area contributed by atoms with Gasteiger partial charge in [0, 0.05) is 26.3 Å². The zero-order valence-electron chi connectivity index (χ0n) is 17.2. The van der Waals surface area contributed by atoms with Crippen LogP contribution >= 0.6 is 0 Å². The van der Waals surface area contributed by atoms with Gasteiger partial charge in [0.2, 0.25) is 0 Å². The summed E-state index contributed by atoms with van der Waals surface area (Å²) in [6.07, 6.45) is 11.0. The number of hydrogen-bond acceptors (Lipinski definition) is 6. The third-order valence-corrected chi connectivity index (χ3v) is 2.79. The van der Waals surface area contributed by atoms with E-state index >= 15 is 0 Å². The van der Waals surface area contributed by atoms with Crippen molar-refractivity contribution >= 4 is 17.9 Å². The van der Waals surface area contributed by atoms with E-state index in [1.807, 2.05) is 0 Å². The van der Waals surface area contributed by atoms with E-state index in [-0.39, 0.29) is 25.2 Å². The first kappa shape index (κ1) is 25.5. The molecule has 0 bridgehead atoms. The summed E-state index contributed by atoms with van der Waals surface area (Å²) in [4.78, 5) is 33.2. The molecule has 0 radical (unpaired) electrons. The van der Waals surface area contributed by atoms with Crippen LogP contribution in [0.3, 0.4) is 0 Å². The molecule has 0 saturated carbocycles. The van der Waals surface area contributed by atoms with Gasteiger partial charge in [0.1, 0.15) is 12.7 Å². The van der Waals surface area contributed by atoms with Gasteiger partial charge in [-0.3, -0.25) is 9.59 Å². The molecule has 0 aromatic rings. The number of rotatable bonds is 9. The first-order chi connectivity index (χ1) is 13.8. The molecule has 154 valence electrons. The van der Waals surface area contributed by atoms with Crippen LogP contribution in [0.5, 0.6) is 0 Å². The summed E-state index contributed by atoms with van der Waals surface area (Å²) in [5.74, 6) is 9.48. The summed E-state index contributed by atoms with van der Waals surface area (Å²) in [7, 11) is 0. The number of allylic oxidation sites excluding steroid dienone is 5. The van der Waals surface area contributed by atoms with Crippen LogP contribution in [-0.2, 0) is 28.6 Å². The molecule has 6 heteroatoms. The third-order valence-electron chi connectivity index (χ3n) is 2.79. The Hall–Kier alpha value is -3.51. The van der Waals surface area contributed by atoms with Gasteiger partial charge in [-0.1, -0.05) is 29.6 Å². The van der Waals surface area contributed by atoms with E-state index in [1.165, 1.54) is 19.9 Å². The van der Waals surface area contributed by atoms with Crippen molar-refractivity contribution in [2.75, 3.05) is 13.2 Å². The molecule has 0 spiro atoms. The Morgan fingerprint density at radius 3 is 2.17 bits per heavy atom. The van der Waals surface area contributed by atoms with Gasteiger partial charge in [0.05, 0.1) is 6.61 Å². The van der Waals surface area contributed by atoms with Gasteiger partial charge in [-0.2, -0.15) is 0 Å². The van der Waals surface area contributed by atoms with Crippen molar-refractivity contribution in [2.45, 2.75) is 40.2 Å². The molecular weight excluding hydrogens is 372 g/mol. The van der Waals surface area contributed by atoms with Crippen molar-refractivity contribution in [3.63, 3.8) is 0 Å². The van der Waals surface area contributed by atoms with E-state index in [0.29, 0.717) is 6.42 Å². The molecule has 0 N–H and O–H groups in total. The van der Waals surface area contributed by atoms with E-state index in [4.69, 9.17) is 14.2 Å². The zero-order chi connectivity index (χ0) is 21.9. The van der Waals surface area contributed by atoms with Crippen LogP contribution in [0.1, 0.15) is 34.1 Å². The summed E-state index contributed by atoms with van der Waals surface area (Å²) < 4.78 is 14.9. The SMILES string of the molecule is CC(=O)OC/C=C/C#CC#C/C=C\C=C\[C@H](CCOC(C)=O)OC(=O)C=C(C)C. The van der Waals surface area contributed by atoms with E-state index in [1.54, 1.807) is 50.3 Å². The molecule has 0 heterocycles. The maximum atomic E-state index is 11.8. The zero-order valence-corrected chi connectivity index (χ0v) is 17.2. The fourth-order valence-electron chi connectivity index (χ4n) is 1.65. The van der Waals surface area contributed by atoms with Crippen molar-refractivity contribution in [1.29, 1.82) is 0 Å². The van der Waals surface area contributed by atoms with E-state index in [0.717, 1.165) is 5.57 Å². The Balaban J connectivity index is 4.60. The second kappa shape index (κ2) is 16.6. The average Bonchev–Trinajstić information content (AvgIpc) is 2.61. The van der Waals surface area contributed by atoms with Crippen LogP contribution in [0.15, 0.2) is 48.1 Å². The Bertz CT molecular complexity index is 787. The van der Waals surface area contributed by atoms with Gasteiger partial charge in [-0.15, -0.1) is 0 Å². The Kier molecular flexibility index (Phi) is 14.6. The lowest BCUT2D eigenvalue weighted by Crippen LogP contribution is -2.17. The summed E-state index contributed by atoms with van der Waals surface area (Å²) in [6.45, 7) is 6.58. The molecule has 0 amide bonds. The van der Waals surface area contributed by atoms with Crippen molar-refractivity contribution < 1.29 is 28.6 Å². The van der Waals surface area contributed by atoms with Crippen molar-refractivity contribution in [3.05, 3.63) is 48.1 Å². The molecule has 1 atom stereocenters. The van der Waals surface area contributed by atoms with Crippen molar-refractivity contribution in [3.8, 4) is 23.7 Å². The first-order valence-electron chi connectivity index (χ1n) is 8.93. The monoisotopic (exact) mass is 398 g/mol. The number of ether oxygens (including phenoxy) is 3. The molecule has 0 saturated heterocycles. The van der Waals surface area contributed by atoms with Gasteiger partial charge in [0.15, 0.2) is 0 Å². The number of carbonyl (C=O) groups excluding carboxylic acids is 3. The lowest BCUT2D eigenvalue weighted by molar-refractivity contribution is -0.144. The minimum absolute atomic E-state index is 0.149. The fourth-order valence-corrected chi connectivity index (χ4v) is 1.65. The lowest BCUT2D eigenvalue weighted by atomic mass is 10.2.